The Labute approximate surface area is 206 Å². The van der Waals surface area contributed by atoms with Gasteiger partial charge in [0.05, 0.1) is 24.3 Å². The van der Waals surface area contributed by atoms with Crippen molar-refractivity contribution in [1.29, 1.82) is 0 Å². The van der Waals surface area contributed by atoms with Crippen molar-refractivity contribution in [2.24, 2.45) is 12.8 Å². The summed E-state index contributed by atoms with van der Waals surface area (Å²) in [5.41, 5.74) is 3.63. The van der Waals surface area contributed by atoms with Gasteiger partial charge in [-0.25, -0.2) is 8.98 Å². The Bertz CT molecular complexity index is 1260. The molecule has 2 N–H and O–H groups in total. The minimum atomic E-state index is -4.16. The summed E-state index contributed by atoms with van der Waals surface area (Å²) in [6, 6.07) is 0. The molecule has 13 heteroatoms. The SMILES string of the molecule is C=CCOC[C@H]1O[C@@H](n2cc(C)c(=O)n(C)c2=O)[C@H](O[Si](C)(C)C(C)(C)C)C12OS(=O)(=O)C=C2N. The summed E-state index contributed by atoms with van der Waals surface area (Å²) in [7, 11) is -5.42. The van der Waals surface area contributed by atoms with Crippen molar-refractivity contribution in [2.75, 3.05) is 13.2 Å². The maximum atomic E-state index is 13.2. The molecular weight excluding hydrogens is 494 g/mol. The summed E-state index contributed by atoms with van der Waals surface area (Å²) in [6.45, 7) is 15.3. The van der Waals surface area contributed by atoms with E-state index in [9.17, 15) is 18.0 Å². The molecule has 1 saturated heterocycles. The number of hydrogen-bond acceptors (Lipinski definition) is 9. The predicted octanol–water partition coefficient (Wildman–Crippen LogP) is 1.24. The quantitative estimate of drug-likeness (QED) is 0.239. The summed E-state index contributed by atoms with van der Waals surface area (Å²) in [6.07, 6.45) is -0.417. The number of ether oxygens (including phenoxy) is 2. The fourth-order valence-corrected chi connectivity index (χ4v) is 6.50. The lowest BCUT2D eigenvalue weighted by molar-refractivity contribution is -0.0716. The summed E-state index contributed by atoms with van der Waals surface area (Å²) >= 11 is 0. The van der Waals surface area contributed by atoms with Crippen LogP contribution >= 0.6 is 0 Å². The highest BCUT2D eigenvalue weighted by Crippen LogP contribution is 2.51. The third-order valence-electron chi connectivity index (χ3n) is 6.93. The van der Waals surface area contributed by atoms with Gasteiger partial charge in [-0.3, -0.25) is 13.9 Å². The largest absolute Gasteiger partial charge is 0.406 e. The average molecular weight is 530 g/mol. The van der Waals surface area contributed by atoms with E-state index in [2.05, 4.69) is 6.58 Å². The lowest BCUT2D eigenvalue weighted by Crippen LogP contribution is -2.58. The second-order valence-corrected chi connectivity index (χ2v) is 16.6. The van der Waals surface area contributed by atoms with Crippen LogP contribution in [0.3, 0.4) is 0 Å². The molecule has 3 heterocycles. The van der Waals surface area contributed by atoms with E-state index in [1.54, 1.807) is 6.92 Å². The van der Waals surface area contributed by atoms with Crippen LogP contribution < -0.4 is 17.0 Å². The van der Waals surface area contributed by atoms with Crippen LogP contribution in [0.5, 0.6) is 0 Å². The molecule has 0 bridgehead atoms. The van der Waals surface area contributed by atoms with Gasteiger partial charge in [0.15, 0.2) is 20.1 Å². The topological polar surface area (TPSA) is 141 Å². The van der Waals surface area contributed by atoms with Crippen molar-refractivity contribution in [2.45, 2.75) is 69.9 Å². The van der Waals surface area contributed by atoms with Crippen molar-refractivity contribution in [1.82, 2.24) is 9.13 Å². The number of aryl methyl sites for hydroxylation is 1. The molecule has 1 unspecified atom stereocenters. The highest BCUT2D eigenvalue weighted by atomic mass is 32.2. The van der Waals surface area contributed by atoms with E-state index in [-0.39, 0.29) is 23.9 Å². The van der Waals surface area contributed by atoms with E-state index in [0.717, 1.165) is 9.98 Å². The molecule has 2 aliphatic heterocycles. The minimum Gasteiger partial charge on any atom is -0.406 e. The first-order chi connectivity index (χ1) is 16.0. The molecule has 2 aliphatic rings. The van der Waals surface area contributed by atoms with Gasteiger partial charge in [0, 0.05) is 18.8 Å². The zero-order valence-electron chi connectivity index (χ0n) is 21.2. The second-order valence-electron chi connectivity index (χ2n) is 10.4. The Balaban J connectivity index is 2.27. The number of hydrogen-bond donors (Lipinski definition) is 1. The molecule has 0 amide bonds. The van der Waals surface area contributed by atoms with E-state index in [1.165, 1.54) is 23.9 Å². The van der Waals surface area contributed by atoms with Crippen LogP contribution in [0, 0.1) is 6.92 Å². The highest BCUT2D eigenvalue weighted by molar-refractivity contribution is 7.90. The van der Waals surface area contributed by atoms with Crippen LogP contribution in [0.2, 0.25) is 18.1 Å². The molecule has 0 aliphatic carbocycles. The van der Waals surface area contributed by atoms with Crippen LogP contribution in [-0.4, -0.2) is 56.9 Å². The van der Waals surface area contributed by atoms with Crippen molar-refractivity contribution >= 4 is 18.4 Å². The number of aromatic nitrogens is 2. The minimum absolute atomic E-state index is 0.106. The zero-order chi connectivity index (χ0) is 26.6. The molecule has 3 rings (SSSR count). The molecule has 1 aromatic rings. The average Bonchev–Trinajstić information content (AvgIpc) is 3.15. The van der Waals surface area contributed by atoms with Crippen LogP contribution in [0.25, 0.3) is 0 Å². The van der Waals surface area contributed by atoms with E-state index < -0.39 is 53.7 Å². The Morgan fingerprint density at radius 1 is 1.31 bits per heavy atom. The smallest absolute Gasteiger partial charge is 0.332 e. The Kier molecular flexibility index (Phi) is 7.18. The third-order valence-corrected chi connectivity index (χ3v) is 12.4. The molecular formula is C22H35N3O8SSi. The molecule has 1 fully saturated rings. The fraction of sp³-hybridized carbons (Fsp3) is 0.636. The summed E-state index contributed by atoms with van der Waals surface area (Å²) < 4.78 is 51.6. The van der Waals surface area contributed by atoms with Gasteiger partial charge >= 0.3 is 5.69 Å². The molecule has 0 saturated carbocycles. The molecule has 0 aromatic carbocycles. The van der Waals surface area contributed by atoms with E-state index in [0.29, 0.717) is 5.56 Å². The normalized spacial score (nSPS) is 28.4. The van der Waals surface area contributed by atoms with E-state index in [4.69, 9.17) is 23.8 Å². The fourth-order valence-electron chi connectivity index (χ4n) is 4.00. The maximum absolute atomic E-state index is 13.2. The lowest BCUT2D eigenvalue weighted by atomic mass is 9.89. The zero-order valence-corrected chi connectivity index (χ0v) is 23.0. The van der Waals surface area contributed by atoms with Crippen LogP contribution in [-0.2, 0) is 35.2 Å². The lowest BCUT2D eigenvalue weighted by Gasteiger charge is -2.43. The molecule has 11 nitrogen and oxygen atoms in total. The number of rotatable bonds is 7. The maximum Gasteiger partial charge on any atom is 0.332 e. The molecule has 4 atom stereocenters. The Morgan fingerprint density at radius 3 is 2.46 bits per heavy atom. The van der Waals surface area contributed by atoms with Gasteiger partial charge < -0.3 is 19.6 Å². The predicted molar refractivity (Wildman–Crippen MR) is 133 cm³/mol. The van der Waals surface area contributed by atoms with Crippen molar-refractivity contribution in [3.8, 4) is 0 Å². The van der Waals surface area contributed by atoms with Crippen LogP contribution in [0.1, 0.15) is 32.6 Å². The van der Waals surface area contributed by atoms with Crippen molar-refractivity contribution < 1.29 is 26.5 Å². The van der Waals surface area contributed by atoms with Crippen LogP contribution in [0.15, 0.2) is 39.5 Å². The van der Waals surface area contributed by atoms with Gasteiger partial charge in [0.2, 0.25) is 0 Å². The van der Waals surface area contributed by atoms with Gasteiger partial charge in [0.25, 0.3) is 15.7 Å². The number of nitrogens with zero attached hydrogens (tertiary/aromatic N) is 2. The Hall–Kier alpha value is -2.03. The first-order valence-corrected chi connectivity index (χ1v) is 15.6. The van der Waals surface area contributed by atoms with E-state index >= 15 is 0 Å². The number of nitrogens with two attached hydrogens (primary N) is 1. The van der Waals surface area contributed by atoms with Crippen molar-refractivity contribution in [3.63, 3.8) is 0 Å². The standard InChI is InChI=1S/C22H35N3O8SSi/c1-9-10-30-12-16-22(15(23)13-34(28,29)33-22)17(32-35(7,8)21(3,4)5)19(31-16)25-11-14(2)18(26)24(6)20(25)27/h9,11,13,16-17,19H,1,10,12,23H2,2-8H3/t16-,17+,19-,22?/m1/s1. The summed E-state index contributed by atoms with van der Waals surface area (Å²) in [5.74, 6) is 0. The van der Waals surface area contributed by atoms with Crippen molar-refractivity contribution in [3.05, 3.63) is 56.4 Å². The molecule has 1 aromatic heterocycles. The van der Waals surface area contributed by atoms with Crippen LogP contribution in [0.4, 0.5) is 0 Å². The van der Waals surface area contributed by atoms with Gasteiger partial charge in [-0.2, -0.15) is 8.42 Å². The summed E-state index contributed by atoms with van der Waals surface area (Å²) in [5, 5.41) is 0.562. The summed E-state index contributed by atoms with van der Waals surface area (Å²) in [4.78, 5) is 25.5. The Morgan fingerprint density at radius 2 is 1.94 bits per heavy atom. The first-order valence-electron chi connectivity index (χ1n) is 11.2. The van der Waals surface area contributed by atoms with Gasteiger partial charge in [-0.15, -0.1) is 6.58 Å². The molecule has 0 radical (unpaired) electrons. The highest BCUT2D eigenvalue weighted by Gasteiger charge is 2.67. The molecule has 35 heavy (non-hydrogen) atoms. The molecule has 196 valence electrons. The van der Waals surface area contributed by atoms with Gasteiger partial charge in [0.1, 0.15) is 12.2 Å². The first kappa shape index (κ1) is 27.6. The van der Waals surface area contributed by atoms with Gasteiger partial charge in [-0.05, 0) is 25.1 Å². The monoisotopic (exact) mass is 529 g/mol. The second kappa shape index (κ2) is 9.12. The van der Waals surface area contributed by atoms with Gasteiger partial charge in [-0.1, -0.05) is 26.8 Å². The van der Waals surface area contributed by atoms with E-state index in [1.807, 2.05) is 33.9 Å². The third kappa shape index (κ3) is 4.72. The molecule has 1 spiro atoms.